The molecule has 3 saturated heterocycles. The molecule has 6 aromatic rings. The van der Waals surface area contributed by atoms with Gasteiger partial charge in [-0.25, -0.2) is 9.18 Å². The normalized spacial score (nSPS) is 18.3. The predicted molar refractivity (Wildman–Crippen MR) is 282 cm³/mol. The SMILES string of the molecule is Cc1nn(C)c(C)c1-c1c(Cl)ccc2c(CCCOc3cccc4cc(F)ccc34)c(C(=O)OC(C)(C)C)n(CCN3CCC(CN4CCN(c5ccc6c(c5)CN([C@@H]5CCC(=O)NC5=O)C6=O)CC4)CC3)c12. The van der Waals surface area contributed by atoms with Crippen molar-refractivity contribution < 1.29 is 33.0 Å². The van der Waals surface area contributed by atoms with Gasteiger partial charge in [-0.15, -0.1) is 0 Å². The molecule has 4 aliphatic heterocycles. The van der Waals surface area contributed by atoms with Gasteiger partial charge in [-0.05, 0) is 151 Å². The second-order valence-electron chi connectivity index (χ2n) is 21.4. The number of aryl methyl sites for hydroxylation is 3. The third-order valence-corrected chi connectivity index (χ3v) is 15.7. The fraction of sp³-hybridized carbons (Fsp3) is 0.456. The number of anilines is 1. The van der Waals surface area contributed by atoms with Crippen molar-refractivity contribution in [1.82, 2.24) is 34.4 Å². The van der Waals surface area contributed by atoms with Gasteiger partial charge >= 0.3 is 5.97 Å². The van der Waals surface area contributed by atoms with E-state index in [-0.39, 0.29) is 30.0 Å². The first-order chi connectivity index (χ1) is 35.0. The molecule has 0 unspecified atom stereocenters. The van der Waals surface area contributed by atoms with Crippen LogP contribution in [0.2, 0.25) is 5.02 Å². The Morgan fingerprint density at radius 1 is 0.877 bits per heavy atom. The molecule has 3 amide bonds. The number of hydrogen-bond acceptors (Lipinski definition) is 10. The van der Waals surface area contributed by atoms with E-state index in [1.807, 2.05) is 81.9 Å². The lowest BCUT2D eigenvalue weighted by atomic mass is 9.96. The van der Waals surface area contributed by atoms with Crippen LogP contribution in [0, 0.1) is 25.6 Å². The Labute approximate surface area is 431 Å². The van der Waals surface area contributed by atoms with Gasteiger partial charge in [-0.2, -0.15) is 5.10 Å². The summed E-state index contributed by atoms with van der Waals surface area (Å²) in [6, 6.07) is 19.7. The number of imide groups is 1. The lowest BCUT2D eigenvalue weighted by molar-refractivity contribution is -0.136. The Balaban J connectivity index is 0.823. The second-order valence-corrected chi connectivity index (χ2v) is 21.8. The van der Waals surface area contributed by atoms with E-state index in [1.165, 1.54) is 12.1 Å². The van der Waals surface area contributed by atoms with Crippen molar-refractivity contribution in [2.45, 2.75) is 97.9 Å². The first-order valence-electron chi connectivity index (χ1n) is 25.9. The molecule has 4 aliphatic rings. The minimum Gasteiger partial charge on any atom is -0.493 e. The van der Waals surface area contributed by atoms with Crippen LogP contribution in [-0.2, 0) is 40.9 Å². The number of hydrogen-bond donors (Lipinski definition) is 1. The van der Waals surface area contributed by atoms with Crippen LogP contribution in [-0.4, -0.2) is 123 Å². The molecule has 14 nitrogen and oxygen atoms in total. The molecule has 0 radical (unpaired) electrons. The number of piperidine rings is 2. The fourth-order valence-electron chi connectivity index (χ4n) is 11.6. The second kappa shape index (κ2) is 20.6. The number of benzene rings is 4. The number of nitrogens with one attached hydrogen (secondary N) is 1. The molecule has 1 atom stereocenters. The highest BCUT2D eigenvalue weighted by Gasteiger charge is 2.40. The molecule has 3 fully saturated rings. The zero-order chi connectivity index (χ0) is 51.3. The predicted octanol–water partition coefficient (Wildman–Crippen LogP) is 8.87. The van der Waals surface area contributed by atoms with E-state index in [0.29, 0.717) is 66.9 Å². The third-order valence-electron chi connectivity index (χ3n) is 15.4. The van der Waals surface area contributed by atoms with Gasteiger partial charge in [0.25, 0.3) is 5.91 Å². The third kappa shape index (κ3) is 10.3. The molecule has 0 bridgehead atoms. The number of halogens is 2. The summed E-state index contributed by atoms with van der Waals surface area (Å²) >= 11 is 7.25. The summed E-state index contributed by atoms with van der Waals surface area (Å²) in [5.74, 6) is -0.244. The van der Waals surface area contributed by atoms with Crippen molar-refractivity contribution in [3.05, 3.63) is 111 Å². The van der Waals surface area contributed by atoms with E-state index < -0.39 is 17.6 Å². The van der Waals surface area contributed by atoms with Gasteiger partial charge in [-0.3, -0.25) is 29.3 Å². The maximum absolute atomic E-state index is 14.7. The molecule has 0 aliphatic carbocycles. The van der Waals surface area contributed by atoms with E-state index in [0.717, 1.165) is 126 Å². The van der Waals surface area contributed by atoms with Crippen LogP contribution in [0.3, 0.4) is 0 Å². The number of amides is 3. The number of aromatic nitrogens is 3. The summed E-state index contributed by atoms with van der Waals surface area (Å²) in [6.45, 7) is 18.4. The highest BCUT2D eigenvalue weighted by Crippen LogP contribution is 2.43. The van der Waals surface area contributed by atoms with Gasteiger partial charge in [-0.1, -0.05) is 29.8 Å². The quantitative estimate of drug-likeness (QED) is 0.0641. The highest BCUT2D eigenvalue weighted by molar-refractivity contribution is 6.35. The molecular formula is C57H66ClFN8O6. The van der Waals surface area contributed by atoms with Crippen LogP contribution in [0.4, 0.5) is 10.1 Å². The average Bonchev–Trinajstić information content (AvgIpc) is 3.95. The van der Waals surface area contributed by atoms with E-state index in [1.54, 1.807) is 11.0 Å². The first kappa shape index (κ1) is 50.3. The zero-order valence-corrected chi connectivity index (χ0v) is 43.6. The van der Waals surface area contributed by atoms with Gasteiger partial charge in [0.05, 0.1) is 22.8 Å². The Morgan fingerprint density at radius 2 is 1.64 bits per heavy atom. The van der Waals surface area contributed by atoms with Crippen molar-refractivity contribution in [3.63, 3.8) is 0 Å². The number of carbonyl (C=O) groups excluding carboxylic acids is 4. The molecule has 2 aromatic heterocycles. The van der Waals surface area contributed by atoms with Crippen molar-refractivity contribution in [1.29, 1.82) is 0 Å². The van der Waals surface area contributed by atoms with Crippen LogP contribution >= 0.6 is 11.6 Å². The molecule has 384 valence electrons. The Morgan fingerprint density at radius 3 is 2.37 bits per heavy atom. The monoisotopic (exact) mass is 1010 g/mol. The Kier molecular flexibility index (Phi) is 14.1. The van der Waals surface area contributed by atoms with Crippen molar-refractivity contribution in [3.8, 4) is 16.9 Å². The maximum Gasteiger partial charge on any atom is 0.355 e. The summed E-state index contributed by atoms with van der Waals surface area (Å²) in [5.41, 5.74) is 7.90. The molecule has 6 heterocycles. The summed E-state index contributed by atoms with van der Waals surface area (Å²) in [7, 11) is 1.94. The zero-order valence-electron chi connectivity index (χ0n) is 42.9. The summed E-state index contributed by atoms with van der Waals surface area (Å²) in [5, 5.41) is 10.3. The van der Waals surface area contributed by atoms with Gasteiger partial charge in [0.2, 0.25) is 11.8 Å². The van der Waals surface area contributed by atoms with Crippen LogP contribution in [0.15, 0.2) is 66.7 Å². The van der Waals surface area contributed by atoms with Crippen LogP contribution in [0.25, 0.3) is 32.8 Å². The van der Waals surface area contributed by atoms with Crippen molar-refractivity contribution >= 4 is 62.7 Å². The van der Waals surface area contributed by atoms with Crippen LogP contribution < -0.4 is 15.0 Å². The van der Waals surface area contributed by atoms with Crippen molar-refractivity contribution in [2.24, 2.45) is 13.0 Å². The fourth-order valence-corrected chi connectivity index (χ4v) is 11.9. The van der Waals surface area contributed by atoms with Crippen LogP contribution in [0.1, 0.15) is 96.2 Å². The lowest BCUT2D eigenvalue weighted by Crippen LogP contribution is -2.52. The largest absolute Gasteiger partial charge is 0.493 e. The Hall–Kier alpha value is -6.29. The van der Waals surface area contributed by atoms with Gasteiger partial charge < -0.3 is 28.7 Å². The van der Waals surface area contributed by atoms with E-state index in [9.17, 15) is 23.6 Å². The average molecular weight is 1010 g/mol. The van der Waals surface area contributed by atoms with Crippen molar-refractivity contribution in [2.75, 3.05) is 63.9 Å². The van der Waals surface area contributed by atoms with Crippen LogP contribution in [0.5, 0.6) is 5.75 Å². The van der Waals surface area contributed by atoms with Gasteiger partial charge in [0, 0.05) is 105 Å². The summed E-state index contributed by atoms with van der Waals surface area (Å²) < 4.78 is 30.7. The standard InChI is InChI=1S/C57H66ClFN8O6/c1-35-50(36(2)62(6)61-35)51-46(58)17-16-45-44(10-8-30-72-48-11-7-9-38-31-40(59)12-14-42(38)48)53(56(71)73-57(3,4)5)66(52(45)51)29-26-63-22-20-37(21-23-63)33-64-24-27-65(28-25-64)41-13-15-43-39(32-41)34-67(55(43)70)47-18-19-49(68)60-54(47)69/h7,9,11-17,31-32,37,47H,8,10,18-30,33-34H2,1-6H3,(H,60,68,69)/t47-/m1/s1. The summed E-state index contributed by atoms with van der Waals surface area (Å²) in [4.78, 5) is 61.4. The minimum absolute atomic E-state index is 0.150. The number of nitrogens with zero attached hydrogens (tertiary/aromatic N) is 7. The number of rotatable bonds is 14. The smallest absolute Gasteiger partial charge is 0.355 e. The molecule has 1 N–H and O–H groups in total. The molecular weight excluding hydrogens is 947 g/mol. The number of likely N-dealkylation sites (tertiary alicyclic amines) is 1. The minimum atomic E-state index is -0.731. The number of fused-ring (bicyclic) bond motifs is 3. The Bertz CT molecular complexity index is 3120. The maximum atomic E-state index is 14.7. The number of piperazine rings is 1. The summed E-state index contributed by atoms with van der Waals surface area (Å²) in [6.07, 6.45) is 3.90. The van der Waals surface area contributed by atoms with E-state index >= 15 is 0 Å². The molecule has 4 aromatic carbocycles. The lowest BCUT2D eigenvalue weighted by Gasteiger charge is -2.39. The number of ether oxygens (including phenoxy) is 2. The molecule has 10 rings (SSSR count). The number of esters is 1. The van der Waals surface area contributed by atoms with Gasteiger partial charge in [0.15, 0.2) is 0 Å². The molecule has 0 saturated carbocycles. The van der Waals surface area contributed by atoms with Gasteiger partial charge in [0.1, 0.15) is 28.9 Å². The molecule has 0 spiro atoms. The molecule has 73 heavy (non-hydrogen) atoms. The topological polar surface area (TPSA) is 134 Å². The van der Waals surface area contributed by atoms with E-state index in [4.69, 9.17) is 26.2 Å². The number of carbonyl (C=O) groups is 4. The highest BCUT2D eigenvalue weighted by atomic mass is 35.5. The molecule has 16 heteroatoms. The first-order valence-corrected chi connectivity index (χ1v) is 26.2. The van der Waals surface area contributed by atoms with E-state index in [2.05, 4.69) is 37.6 Å².